The van der Waals surface area contributed by atoms with Crippen molar-refractivity contribution in [2.45, 2.75) is 114 Å². The third-order valence-electron chi connectivity index (χ3n) is 19.2. The summed E-state index contributed by atoms with van der Waals surface area (Å²) in [6.07, 6.45) is 17.6. The molecule has 0 saturated heterocycles. The van der Waals surface area contributed by atoms with E-state index in [0.717, 1.165) is 35.5 Å². The van der Waals surface area contributed by atoms with Crippen molar-refractivity contribution in [3.05, 3.63) is 77.6 Å². The van der Waals surface area contributed by atoms with E-state index in [-0.39, 0.29) is 17.5 Å². The monoisotopic (exact) mass is 676 g/mol. The van der Waals surface area contributed by atoms with Gasteiger partial charge in [-0.25, -0.2) is 4.98 Å². The Morgan fingerprint density at radius 3 is 2.21 bits per heavy atom. The van der Waals surface area contributed by atoms with Gasteiger partial charge in [-0.2, -0.15) is 0 Å². The van der Waals surface area contributed by atoms with Crippen LogP contribution in [0.15, 0.2) is 60.7 Å². The van der Waals surface area contributed by atoms with E-state index in [1.807, 2.05) is 0 Å². The highest BCUT2D eigenvalue weighted by Crippen LogP contribution is 2.80. The minimum atomic E-state index is 0.0864. The predicted octanol–water partition coefficient (Wildman–Crippen LogP) is 9.22. The average Bonchev–Trinajstić information content (AvgIpc) is 3.78. The Labute approximate surface area is 308 Å². The molecule has 0 amide bonds. The van der Waals surface area contributed by atoms with Gasteiger partial charge in [-0.05, 0) is 190 Å². The summed E-state index contributed by atoms with van der Waals surface area (Å²) in [5.74, 6) is 7.27. The molecule has 6 bridgehead atoms. The van der Waals surface area contributed by atoms with Gasteiger partial charge in [-0.1, -0.05) is 74.8 Å². The highest BCUT2D eigenvalue weighted by atomic mass is 15.1. The number of hydrogen-bond donors (Lipinski definition) is 0. The molecule has 10 unspecified atom stereocenters. The molecule has 0 radical (unpaired) electrons. The molecule has 2 nitrogen and oxygen atoms in total. The summed E-state index contributed by atoms with van der Waals surface area (Å²) in [5.41, 5.74) is 17.0. The van der Waals surface area contributed by atoms with Crippen LogP contribution >= 0.6 is 0 Å². The molecule has 52 heavy (non-hydrogen) atoms. The third kappa shape index (κ3) is 2.82. The van der Waals surface area contributed by atoms with Crippen molar-refractivity contribution in [2.24, 2.45) is 46.3 Å². The molecular formula is C49H49BN2. The molecule has 2 aliphatic heterocycles. The van der Waals surface area contributed by atoms with Crippen LogP contribution in [-0.4, -0.2) is 16.3 Å². The number of benzene rings is 4. The lowest BCUT2D eigenvalue weighted by Gasteiger charge is -2.49. The standard InChI is InChI=1S/C49H49BN2/c1-45(2,3)36-11-10-33-34-6-5-9-40-42(34)50(37-8-4-7-35(36)41(33)37)38-16-28(46-18-26-12-29-14-31(22-46)48(29,20-26)24-46)17-39-43(38)52(40)44(51-39)47-19-27-13-30-15-32(23-47)49(30,21-27)25-47/h4-11,16-17,26-27,29-32H,12-15,18-25H2,1-3H3. The lowest BCUT2D eigenvalue weighted by Crippen LogP contribution is -2.59. The van der Waals surface area contributed by atoms with Gasteiger partial charge in [0.25, 0.3) is 0 Å². The molecule has 8 saturated carbocycles. The maximum Gasteiger partial charge on any atom is 0.248 e. The molecule has 1 aromatic heterocycles. The van der Waals surface area contributed by atoms with E-state index in [9.17, 15) is 0 Å². The number of nitrogens with zero attached hydrogens (tertiary/aromatic N) is 2. The zero-order valence-electron chi connectivity index (χ0n) is 31.2. The van der Waals surface area contributed by atoms with E-state index >= 15 is 0 Å². The maximum atomic E-state index is 6.07. The van der Waals surface area contributed by atoms with Crippen molar-refractivity contribution in [1.29, 1.82) is 0 Å². The number of hydrogen-bond acceptors (Lipinski definition) is 1. The van der Waals surface area contributed by atoms with Crippen LogP contribution in [-0.2, 0) is 16.2 Å². The second-order valence-electron chi connectivity index (χ2n) is 22.1. The Hall–Kier alpha value is -3.33. The largest absolute Gasteiger partial charge is 0.297 e. The molecule has 3 heterocycles. The van der Waals surface area contributed by atoms with E-state index in [0.29, 0.717) is 16.2 Å². The quantitative estimate of drug-likeness (QED) is 0.167. The van der Waals surface area contributed by atoms with Crippen LogP contribution in [0, 0.1) is 46.3 Å². The fourth-order valence-electron chi connectivity index (χ4n) is 18.0. The average molecular weight is 677 g/mol. The first-order valence-corrected chi connectivity index (χ1v) is 21.4. The van der Waals surface area contributed by atoms with E-state index in [1.165, 1.54) is 126 Å². The van der Waals surface area contributed by atoms with Crippen LogP contribution in [0.2, 0.25) is 0 Å². The number of imidazole rings is 1. The van der Waals surface area contributed by atoms with Gasteiger partial charge in [0.05, 0.1) is 11.0 Å². The second kappa shape index (κ2) is 8.18. The molecule has 10 atom stereocenters. The zero-order chi connectivity index (χ0) is 33.9. The van der Waals surface area contributed by atoms with Gasteiger partial charge in [-0.15, -0.1) is 0 Å². The lowest BCUT2D eigenvalue weighted by molar-refractivity contribution is -0.000342. The van der Waals surface area contributed by atoms with Crippen molar-refractivity contribution < 1.29 is 0 Å². The molecular weight excluding hydrogens is 627 g/mol. The molecule has 4 aromatic carbocycles. The van der Waals surface area contributed by atoms with Crippen LogP contribution in [0.5, 0.6) is 0 Å². The summed E-state index contributed by atoms with van der Waals surface area (Å²) in [7, 11) is 0. The van der Waals surface area contributed by atoms with Gasteiger partial charge in [0.1, 0.15) is 5.82 Å². The van der Waals surface area contributed by atoms with Gasteiger partial charge in [0.15, 0.2) is 0 Å². The van der Waals surface area contributed by atoms with Crippen molar-refractivity contribution in [3.63, 3.8) is 0 Å². The first kappa shape index (κ1) is 28.2. The van der Waals surface area contributed by atoms with E-state index in [4.69, 9.17) is 4.98 Å². The van der Waals surface area contributed by atoms with Crippen LogP contribution in [0.1, 0.15) is 115 Å². The summed E-state index contributed by atoms with van der Waals surface area (Å²) in [6, 6.07) is 25.1. The summed E-state index contributed by atoms with van der Waals surface area (Å²) in [4.78, 5) is 6.07. The van der Waals surface area contributed by atoms with Crippen LogP contribution in [0.25, 0.3) is 38.6 Å². The van der Waals surface area contributed by atoms with Crippen LogP contribution in [0.3, 0.4) is 0 Å². The Balaban J connectivity index is 1.04. The lowest BCUT2D eigenvalue weighted by atomic mass is 9.32. The molecule has 10 aliphatic rings. The van der Waals surface area contributed by atoms with Gasteiger partial charge >= 0.3 is 0 Å². The molecule has 2 spiro atoms. The number of aromatic nitrogens is 2. The normalized spacial score (nSPS) is 41.1. The van der Waals surface area contributed by atoms with Crippen molar-refractivity contribution >= 4 is 44.9 Å². The summed E-state index contributed by atoms with van der Waals surface area (Å²) in [6.45, 7) is 7.43. The minimum Gasteiger partial charge on any atom is -0.297 e. The fourth-order valence-corrected chi connectivity index (χ4v) is 18.0. The fraction of sp³-hybridized carbons (Fsp3) is 0.531. The molecule has 258 valence electrons. The highest BCUT2D eigenvalue weighted by Gasteiger charge is 2.73. The number of fused-ring (bicyclic) bond motifs is 8. The third-order valence-corrected chi connectivity index (χ3v) is 19.2. The Bertz CT molecular complexity index is 2560. The van der Waals surface area contributed by atoms with Crippen LogP contribution < -0.4 is 16.4 Å². The van der Waals surface area contributed by atoms with Crippen molar-refractivity contribution in [1.82, 2.24) is 9.55 Å². The molecule has 3 heteroatoms. The SMILES string of the molecule is CC(C)(C)c1ccc2c3c(cccc13)B1c3c-2cccc3-n2c(C34CC5CC6CC(C3)C6(C5)C4)nc3cc(C45CC6CC7CC(C4)C7(C6)C5)cc1c32. The maximum absolute atomic E-state index is 6.07. The van der Waals surface area contributed by atoms with Crippen molar-refractivity contribution in [3.8, 4) is 16.8 Å². The minimum absolute atomic E-state index is 0.0864. The first-order valence-electron chi connectivity index (χ1n) is 21.4. The zero-order valence-corrected chi connectivity index (χ0v) is 31.2. The number of rotatable bonds is 2. The van der Waals surface area contributed by atoms with E-state index in [2.05, 4.69) is 86.0 Å². The summed E-state index contributed by atoms with van der Waals surface area (Å²) in [5, 5.41) is 2.96. The summed E-state index contributed by atoms with van der Waals surface area (Å²) < 4.78 is 2.81. The van der Waals surface area contributed by atoms with Gasteiger partial charge in [-0.3, -0.25) is 4.57 Å². The van der Waals surface area contributed by atoms with Gasteiger partial charge < -0.3 is 0 Å². The smallest absolute Gasteiger partial charge is 0.248 e. The molecule has 8 aliphatic carbocycles. The Morgan fingerprint density at radius 2 is 1.42 bits per heavy atom. The Kier molecular flexibility index (Phi) is 4.43. The van der Waals surface area contributed by atoms with Gasteiger partial charge in [0, 0.05) is 11.1 Å². The Morgan fingerprint density at radius 1 is 0.692 bits per heavy atom. The molecule has 8 fully saturated rings. The van der Waals surface area contributed by atoms with Crippen molar-refractivity contribution in [2.75, 3.05) is 0 Å². The second-order valence-corrected chi connectivity index (χ2v) is 22.1. The van der Waals surface area contributed by atoms with E-state index < -0.39 is 0 Å². The molecule has 15 rings (SSSR count). The van der Waals surface area contributed by atoms with Crippen LogP contribution in [0.4, 0.5) is 0 Å². The summed E-state index contributed by atoms with van der Waals surface area (Å²) >= 11 is 0. The topological polar surface area (TPSA) is 17.8 Å². The predicted molar refractivity (Wildman–Crippen MR) is 212 cm³/mol. The molecule has 0 N–H and O–H groups in total. The van der Waals surface area contributed by atoms with Gasteiger partial charge in [0.2, 0.25) is 6.71 Å². The highest BCUT2D eigenvalue weighted by molar-refractivity contribution is 7.00. The first-order chi connectivity index (χ1) is 25.2. The molecule has 5 aromatic rings. The van der Waals surface area contributed by atoms with E-state index in [1.54, 1.807) is 22.9 Å².